The Labute approximate surface area is 165 Å². The maximum atomic E-state index is 11.4. The largest absolute Gasteiger partial charge is 1.00 e. The van der Waals surface area contributed by atoms with Crippen LogP contribution in [0.5, 0.6) is 0 Å². The van der Waals surface area contributed by atoms with E-state index in [4.69, 9.17) is 15.0 Å². The first-order valence-corrected chi connectivity index (χ1v) is 8.74. The van der Waals surface area contributed by atoms with Crippen LogP contribution >= 0.6 is 23.8 Å². The van der Waals surface area contributed by atoms with Crippen LogP contribution in [0, 0.1) is 0 Å². The summed E-state index contributed by atoms with van der Waals surface area (Å²) in [5.74, 6) is 0.169. The fraction of sp³-hybridized carbons (Fsp3) is 0.500. The van der Waals surface area contributed by atoms with Gasteiger partial charge in [-0.05, 0) is 15.9 Å². The molecule has 0 aromatic carbocycles. The summed E-state index contributed by atoms with van der Waals surface area (Å²) in [6.45, 7) is -0.236. The average molecular weight is 430 g/mol. The fourth-order valence-corrected chi connectivity index (χ4v) is 4.16. The molecule has 2 aromatic rings. The second kappa shape index (κ2) is 6.54. The number of aliphatic hydroxyl groups excluding tert-OH is 1. The third-order valence-electron chi connectivity index (χ3n) is 3.67. The monoisotopic (exact) mass is 429 g/mol. The molecule has 11 nitrogen and oxygen atoms in total. The number of nitrogens with zero attached hydrogens (tertiary/aromatic N) is 4. The standard InChI is InChI=1S/C10H11BrN5O6P.Na/c11-10-15-4-7(12)13-2-14-8(4)16(10)9-5(17)6-3(21-9)1-20-23(18,19)22-6;/h2-3,5-6,9,17H,1H2,(H,18,19)(H2,12,13,14);/q;+1/p-1/t3-,5-,6-,9+;/m0./s1. The molecule has 2 aliphatic heterocycles. The minimum atomic E-state index is -4.44. The molecule has 0 saturated carbocycles. The number of anilines is 1. The Bertz CT molecular complexity index is 837. The van der Waals surface area contributed by atoms with Gasteiger partial charge in [0, 0.05) is 0 Å². The van der Waals surface area contributed by atoms with Crippen LogP contribution in [0.4, 0.5) is 5.82 Å². The molecule has 4 rings (SSSR count). The second-order valence-electron chi connectivity index (χ2n) is 5.05. The van der Waals surface area contributed by atoms with Gasteiger partial charge in [-0.2, -0.15) is 0 Å². The number of ether oxygens (including phenoxy) is 1. The first-order valence-electron chi connectivity index (χ1n) is 6.49. The Hall–Kier alpha value is -0.140. The maximum Gasteiger partial charge on any atom is 1.00 e. The molecule has 0 radical (unpaired) electrons. The molecule has 0 spiro atoms. The number of phosphoric ester groups is 1. The van der Waals surface area contributed by atoms with E-state index in [2.05, 4.69) is 35.4 Å². The zero-order valence-corrected chi connectivity index (χ0v) is 16.8. The molecule has 3 N–H and O–H groups in total. The molecule has 4 heterocycles. The van der Waals surface area contributed by atoms with Gasteiger partial charge in [0.15, 0.2) is 27.9 Å². The molecule has 14 heteroatoms. The van der Waals surface area contributed by atoms with E-state index >= 15 is 0 Å². The molecule has 2 aliphatic rings. The Morgan fingerprint density at radius 3 is 3.00 bits per heavy atom. The molecule has 2 saturated heterocycles. The molecule has 0 aliphatic carbocycles. The molecule has 124 valence electrons. The fourth-order valence-electron chi connectivity index (χ4n) is 2.67. The zero-order valence-electron chi connectivity index (χ0n) is 12.3. The summed E-state index contributed by atoms with van der Waals surface area (Å²) < 4.78 is 28.2. The van der Waals surface area contributed by atoms with Crippen LogP contribution in [0.2, 0.25) is 0 Å². The minimum absolute atomic E-state index is 0. The topological polar surface area (TPSA) is 158 Å². The number of aliphatic hydroxyl groups is 1. The Balaban J connectivity index is 0.00000169. The van der Waals surface area contributed by atoms with Crippen molar-refractivity contribution in [2.45, 2.75) is 24.5 Å². The maximum absolute atomic E-state index is 11.4. The number of rotatable bonds is 1. The summed E-state index contributed by atoms with van der Waals surface area (Å²) in [5, 5.41) is 10.4. The van der Waals surface area contributed by atoms with Gasteiger partial charge in [0.05, 0.1) is 6.61 Å². The summed E-state index contributed by atoms with van der Waals surface area (Å²) in [4.78, 5) is 23.5. The summed E-state index contributed by atoms with van der Waals surface area (Å²) in [6, 6.07) is 0. The quantitative estimate of drug-likeness (QED) is 0.262. The Morgan fingerprint density at radius 1 is 1.50 bits per heavy atom. The third-order valence-corrected chi connectivity index (χ3v) is 5.20. The molecule has 1 unspecified atom stereocenters. The molecule has 0 amide bonds. The Morgan fingerprint density at radius 2 is 2.25 bits per heavy atom. The number of imidazole rings is 1. The summed E-state index contributed by atoms with van der Waals surface area (Å²) >= 11 is 3.25. The average Bonchev–Trinajstić information content (AvgIpc) is 2.97. The number of hydrogen-bond acceptors (Lipinski definition) is 10. The van der Waals surface area contributed by atoms with Gasteiger partial charge < -0.3 is 29.5 Å². The van der Waals surface area contributed by atoms with Crippen LogP contribution in [0.3, 0.4) is 0 Å². The normalized spacial score (nSPS) is 35.6. The smallest absolute Gasteiger partial charge is 0.756 e. The van der Waals surface area contributed by atoms with Crippen molar-refractivity contribution < 1.29 is 57.9 Å². The number of fused-ring (bicyclic) bond motifs is 2. The van der Waals surface area contributed by atoms with E-state index in [0.717, 1.165) is 0 Å². The predicted molar refractivity (Wildman–Crippen MR) is 75.8 cm³/mol. The van der Waals surface area contributed by atoms with E-state index in [1.807, 2.05) is 0 Å². The van der Waals surface area contributed by atoms with E-state index in [-0.39, 0.29) is 42.0 Å². The number of nitrogen functional groups attached to an aromatic ring is 1. The number of phosphoric acid groups is 1. The number of halogens is 1. The van der Waals surface area contributed by atoms with Crippen LogP contribution in [0.15, 0.2) is 11.1 Å². The van der Waals surface area contributed by atoms with Crippen LogP contribution in [-0.4, -0.2) is 49.5 Å². The van der Waals surface area contributed by atoms with Crippen molar-refractivity contribution in [2.24, 2.45) is 0 Å². The predicted octanol–water partition coefficient (Wildman–Crippen LogP) is -3.68. The van der Waals surface area contributed by atoms with E-state index in [0.29, 0.717) is 15.9 Å². The molecule has 2 aromatic heterocycles. The molecule has 24 heavy (non-hydrogen) atoms. The Kier molecular flexibility index (Phi) is 5.08. The zero-order chi connectivity index (χ0) is 16.4. The van der Waals surface area contributed by atoms with Crippen LogP contribution in [-0.2, 0) is 18.3 Å². The minimum Gasteiger partial charge on any atom is -0.756 e. The van der Waals surface area contributed by atoms with Crippen molar-refractivity contribution >= 4 is 40.7 Å². The molecule has 0 bridgehead atoms. The van der Waals surface area contributed by atoms with Crippen molar-refractivity contribution in [3.8, 4) is 0 Å². The van der Waals surface area contributed by atoms with E-state index in [1.54, 1.807) is 0 Å². The van der Waals surface area contributed by atoms with E-state index in [9.17, 15) is 14.6 Å². The van der Waals surface area contributed by atoms with Crippen molar-refractivity contribution in [1.82, 2.24) is 19.5 Å². The molecule has 5 atom stereocenters. The first-order chi connectivity index (χ1) is 10.9. The van der Waals surface area contributed by atoms with Gasteiger partial charge in [-0.3, -0.25) is 9.13 Å². The summed E-state index contributed by atoms with van der Waals surface area (Å²) in [5.41, 5.74) is 6.41. The van der Waals surface area contributed by atoms with Crippen LogP contribution in [0.25, 0.3) is 11.2 Å². The number of hydrogen-bond donors (Lipinski definition) is 2. The van der Waals surface area contributed by atoms with Crippen LogP contribution in [0.1, 0.15) is 6.23 Å². The van der Waals surface area contributed by atoms with Gasteiger partial charge in [0.1, 0.15) is 24.6 Å². The molecular weight excluding hydrogens is 420 g/mol. The van der Waals surface area contributed by atoms with Gasteiger partial charge in [0.2, 0.25) is 0 Å². The van der Waals surface area contributed by atoms with Crippen molar-refractivity contribution in [3.63, 3.8) is 0 Å². The number of nitrogens with two attached hydrogens (primary N) is 1. The van der Waals surface area contributed by atoms with E-state index < -0.39 is 32.4 Å². The molecular formula is C10H10BrN5NaO6P. The third kappa shape index (κ3) is 2.94. The molecule has 2 fully saturated rings. The van der Waals surface area contributed by atoms with Crippen molar-refractivity contribution in [1.29, 1.82) is 0 Å². The SMILES string of the molecule is Nc1ncnc2c1nc(Br)n2[C@@H]1O[C@H]2COP(=O)([O-])O[C@@H]2[C@@H]1O.[Na+]. The van der Waals surface area contributed by atoms with Crippen molar-refractivity contribution in [3.05, 3.63) is 11.1 Å². The van der Waals surface area contributed by atoms with Crippen molar-refractivity contribution in [2.75, 3.05) is 12.3 Å². The first kappa shape index (κ1) is 18.6. The van der Waals surface area contributed by atoms with Gasteiger partial charge in [-0.25, -0.2) is 15.0 Å². The number of aromatic nitrogens is 4. The van der Waals surface area contributed by atoms with Gasteiger partial charge in [-0.1, -0.05) is 0 Å². The van der Waals surface area contributed by atoms with Gasteiger partial charge in [0.25, 0.3) is 7.82 Å². The van der Waals surface area contributed by atoms with E-state index in [1.165, 1.54) is 10.9 Å². The van der Waals surface area contributed by atoms with Gasteiger partial charge in [-0.15, -0.1) is 0 Å². The summed E-state index contributed by atoms with van der Waals surface area (Å²) in [6.07, 6.45) is -2.80. The van der Waals surface area contributed by atoms with Gasteiger partial charge >= 0.3 is 29.6 Å². The van der Waals surface area contributed by atoms with Crippen LogP contribution < -0.4 is 40.2 Å². The summed E-state index contributed by atoms with van der Waals surface area (Å²) in [7, 11) is -4.44. The second-order valence-corrected chi connectivity index (χ2v) is 7.12.